The minimum atomic E-state index is -0.497. The van der Waals surface area contributed by atoms with E-state index in [1.165, 1.54) is 0 Å². The lowest BCUT2D eigenvalue weighted by atomic mass is 9.97. The van der Waals surface area contributed by atoms with E-state index in [0.717, 1.165) is 42.4 Å². The third-order valence-corrected chi connectivity index (χ3v) is 5.57. The number of rotatable bonds is 20. The molecule has 202 valence electrons. The zero-order chi connectivity index (χ0) is 26.0. The summed E-state index contributed by atoms with van der Waals surface area (Å²) in [6, 6.07) is 11.9. The van der Waals surface area contributed by atoms with Gasteiger partial charge in [-0.25, -0.2) is 0 Å². The molecule has 1 unspecified atom stereocenters. The summed E-state index contributed by atoms with van der Waals surface area (Å²) in [6.45, 7) is 10.1. The molecule has 0 amide bonds. The first-order chi connectivity index (χ1) is 17.5. The molecule has 0 aliphatic rings. The van der Waals surface area contributed by atoms with Crippen LogP contribution in [0.4, 0.5) is 0 Å². The van der Waals surface area contributed by atoms with Gasteiger partial charge in [0.25, 0.3) is 0 Å². The van der Waals surface area contributed by atoms with Crippen molar-refractivity contribution in [3.05, 3.63) is 47.5 Å². The second-order valence-electron chi connectivity index (χ2n) is 8.70. The summed E-state index contributed by atoms with van der Waals surface area (Å²) in [7, 11) is 1.65. The fourth-order valence-corrected chi connectivity index (χ4v) is 3.73. The van der Waals surface area contributed by atoms with Gasteiger partial charge in [0.05, 0.1) is 58.4 Å². The second-order valence-corrected chi connectivity index (χ2v) is 8.70. The molecule has 0 bridgehead atoms. The van der Waals surface area contributed by atoms with Crippen LogP contribution in [0, 0.1) is 6.92 Å². The first-order valence-electron chi connectivity index (χ1n) is 13.0. The van der Waals surface area contributed by atoms with Crippen LogP contribution in [0.5, 0.6) is 11.5 Å². The molecule has 0 heterocycles. The highest BCUT2D eigenvalue weighted by atomic mass is 16.7. The molecule has 0 spiro atoms. The van der Waals surface area contributed by atoms with Crippen LogP contribution in [0.1, 0.15) is 44.2 Å². The predicted octanol–water partition coefficient (Wildman–Crippen LogP) is 5.54. The molecule has 7 nitrogen and oxygen atoms in total. The van der Waals surface area contributed by atoms with E-state index >= 15 is 0 Å². The minimum Gasteiger partial charge on any atom is -0.507 e. The molecule has 0 saturated carbocycles. The number of phenols is 1. The zero-order valence-electron chi connectivity index (χ0n) is 22.4. The Labute approximate surface area is 216 Å². The SMILES string of the molecule is CCCCCc1cc(O)c(-c2cccc(C)c2)c(OC(C)OCCOCCOCCOCCOC)c1. The summed E-state index contributed by atoms with van der Waals surface area (Å²) >= 11 is 0. The number of aromatic hydroxyl groups is 1. The summed E-state index contributed by atoms with van der Waals surface area (Å²) in [5, 5.41) is 10.9. The maximum absolute atomic E-state index is 10.9. The summed E-state index contributed by atoms with van der Waals surface area (Å²) in [5.74, 6) is 0.853. The van der Waals surface area contributed by atoms with E-state index in [1.807, 2.05) is 50.2 Å². The predicted molar refractivity (Wildman–Crippen MR) is 142 cm³/mol. The number of phenolic OH excluding ortho intramolecular Hbond substituents is 1. The number of methoxy groups -OCH3 is 1. The maximum atomic E-state index is 10.9. The van der Waals surface area contributed by atoms with Gasteiger partial charge >= 0.3 is 0 Å². The topological polar surface area (TPSA) is 75.6 Å². The van der Waals surface area contributed by atoms with Gasteiger partial charge in [-0.15, -0.1) is 0 Å². The number of aryl methyl sites for hydroxylation is 2. The third kappa shape index (κ3) is 11.7. The zero-order valence-corrected chi connectivity index (χ0v) is 22.4. The Hall–Kier alpha value is -2.16. The Morgan fingerprint density at radius 2 is 1.50 bits per heavy atom. The number of hydrogen-bond donors (Lipinski definition) is 1. The van der Waals surface area contributed by atoms with E-state index in [9.17, 15) is 5.11 Å². The molecule has 7 heteroatoms. The van der Waals surface area contributed by atoms with Gasteiger partial charge in [0.15, 0.2) is 6.29 Å². The molecule has 2 aromatic carbocycles. The molecule has 0 aliphatic carbocycles. The van der Waals surface area contributed by atoms with Crippen molar-refractivity contribution in [1.82, 2.24) is 0 Å². The van der Waals surface area contributed by atoms with Gasteiger partial charge in [-0.2, -0.15) is 0 Å². The van der Waals surface area contributed by atoms with E-state index in [1.54, 1.807) is 7.11 Å². The molecule has 1 N–H and O–H groups in total. The Morgan fingerprint density at radius 1 is 0.833 bits per heavy atom. The molecule has 2 rings (SSSR count). The van der Waals surface area contributed by atoms with E-state index in [4.69, 9.17) is 28.4 Å². The monoisotopic (exact) mass is 504 g/mol. The Morgan fingerprint density at radius 3 is 2.14 bits per heavy atom. The Kier molecular flexibility index (Phi) is 15.2. The first kappa shape index (κ1) is 30.1. The van der Waals surface area contributed by atoms with Crippen molar-refractivity contribution < 1.29 is 33.5 Å². The molecule has 0 radical (unpaired) electrons. The number of hydrogen-bond acceptors (Lipinski definition) is 7. The quantitative estimate of drug-likeness (QED) is 0.187. The lowest BCUT2D eigenvalue weighted by Crippen LogP contribution is -2.20. The van der Waals surface area contributed by atoms with Gasteiger partial charge in [-0.3, -0.25) is 0 Å². The van der Waals surface area contributed by atoms with Crippen molar-refractivity contribution in [1.29, 1.82) is 0 Å². The molecule has 2 aromatic rings. The van der Waals surface area contributed by atoms with Crippen molar-refractivity contribution in [2.75, 3.05) is 60.0 Å². The smallest absolute Gasteiger partial charge is 0.197 e. The highest BCUT2D eigenvalue weighted by Crippen LogP contribution is 2.40. The number of unbranched alkanes of at least 4 members (excludes halogenated alkanes) is 2. The first-order valence-corrected chi connectivity index (χ1v) is 13.0. The normalized spacial score (nSPS) is 12.1. The highest BCUT2D eigenvalue weighted by Gasteiger charge is 2.17. The Balaban J connectivity index is 1.83. The van der Waals surface area contributed by atoms with E-state index in [-0.39, 0.29) is 5.75 Å². The van der Waals surface area contributed by atoms with Gasteiger partial charge in [0.1, 0.15) is 11.5 Å². The van der Waals surface area contributed by atoms with Crippen molar-refractivity contribution in [3.63, 3.8) is 0 Å². The summed E-state index contributed by atoms with van der Waals surface area (Å²) in [5.41, 5.74) is 3.79. The second kappa shape index (κ2) is 18.1. The van der Waals surface area contributed by atoms with Crippen molar-refractivity contribution in [2.45, 2.75) is 52.7 Å². The summed E-state index contributed by atoms with van der Waals surface area (Å²) in [4.78, 5) is 0. The molecule has 0 aliphatic heterocycles. The summed E-state index contributed by atoms with van der Waals surface area (Å²) in [6.07, 6.45) is 3.79. The highest BCUT2D eigenvalue weighted by molar-refractivity contribution is 5.77. The standard InChI is InChI=1S/C29H44O7/c1-5-6-7-10-25-21-27(30)29(26-11-8-9-23(2)20-26)28(22-25)36-24(3)35-19-18-34-17-16-33-15-14-32-13-12-31-4/h8-9,11,20-22,24,30H,5-7,10,12-19H2,1-4H3. The molecular formula is C29H44O7. The largest absolute Gasteiger partial charge is 0.507 e. The van der Waals surface area contributed by atoms with Crippen molar-refractivity contribution >= 4 is 0 Å². The number of benzene rings is 2. The van der Waals surface area contributed by atoms with Gasteiger partial charge in [-0.05, 0) is 49.9 Å². The Bertz CT molecular complexity index is 856. The van der Waals surface area contributed by atoms with Crippen LogP contribution in [0.25, 0.3) is 11.1 Å². The average Bonchev–Trinajstić information content (AvgIpc) is 2.85. The van der Waals surface area contributed by atoms with Gasteiger partial charge < -0.3 is 33.5 Å². The van der Waals surface area contributed by atoms with Crippen LogP contribution in [0.2, 0.25) is 0 Å². The fourth-order valence-electron chi connectivity index (χ4n) is 3.73. The van der Waals surface area contributed by atoms with Gasteiger partial charge in [0, 0.05) is 7.11 Å². The molecular weight excluding hydrogens is 460 g/mol. The lowest BCUT2D eigenvalue weighted by Gasteiger charge is -2.20. The van der Waals surface area contributed by atoms with Crippen LogP contribution in [-0.2, 0) is 30.1 Å². The maximum Gasteiger partial charge on any atom is 0.197 e. The van der Waals surface area contributed by atoms with Gasteiger partial charge in [0.2, 0.25) is 0 Å². The van der Waals surface area contributed by atoms with Crippen LogP contribution >= 0.6 is 0 Å². The lowest BCUT2D eigenvalue weighted by molar-refractivity contribution is -0.0865. The minimum absolute atomic E-state index is 0.226. The van der Waals surface area contributed by atoms with Crippen LogP contribution in [-0.4, -0.2) is 71.4 Å². The van der Waals surface area contributed by atoms with Gasteiger partial charge in [-0.1, -0.05) is 49.6 Å². The van der Waals surface area contributed by atoms with Crippen LogP contribution in [0.15, 0.2) is 36.4 Å². The van der Waals surface area contributed by atoms with Crippen molar-refractivity contribution in [2.24, 2.45) is 0 Å². The van der Waals surface area contributed by atoms with E-state index in [0.29, 0.717) is 64.2 Å². The van der Waals surface area contributed by atoms with E-state index in [2.05, 4.69) is 6.92 Å². The van der Waals surface area contributed by atoms with Crippen LogP contribution < -0.4 is 4.74 Å². The molecule has 0 saturated heterocycles. The summed E-state index contributed by atoms with van der Waals surface area (Å²) < 4.78 is 33.3. The third-order valence-electron chi connectivity index (χ3n) is 5.57. The molecule has 0 fully saturated rings. The van der Waals surface area contributed by atoms with Crippen LogP contribution in [0.3, 0.4) is 0 Å². The van der Waals surface area contributed by atoms with E-state index < -0.39 is 6.29 Å². The van der Waals surface area contributed by atoms with Crippen molar-refractivity contribution in [3.8, 4) is 22.6 Å². The number of ether oxygens (including phenoxy) is 6. The fraction of sp³-hybridized carbons (Fsp3) is 0.586. The average molecular weight is 505 g/mol. The molecule has 0 aromatic heterocycles. The molecule has 1 atom stereocenters. The molecule has 36 heavy (non-hydrogen) atoms.